The van der Waals surface area contributed by atoms with Crippen molar-refractivity contribution in [2.45, 2.75) is 19.3 Å². The Morgan fingerprint density at radius 3 is 1.68 bits per heavy atom. The average Bonchev–Trinajstić information content (AvgIpc) is 3.62. The summed E-state index contributed by atoms with van der Waals surface area (Å²) in [7, 11) is 0. The van der Waals surface area contributed by atoms with Crippen molar-refractivity contribution in [2.24, 2.45) is 0 Å². The first-order valence-electron chi connectivity index (χ1n) is 17.2. The van der Waals surface area contributed by atoms with Gasteiger partial charge in [-0.2, -0.15) is 0 Å². The lowest BCUT2D eigenvalue weighted by molar-refractivity contribution is 0.661. The number of hydrogen-bond acceptors (Lipinski definition) is 2. The lowest BCUT2D eigenvalue weighted by Crippen LogP contribution is -2.14. The molecule has 0 bridgehead atoms. The van der Waals surface area contributed by atoms with E-state index in [4.69, 9.17) is 9.97 Å². The van der Waals surface area contributed by atoms with Crippen LogP contribution in [0.3, 0.4) is 0 Å². The number of hydrogen-bond donors (Lipinski definition) is 0. The van der Waals surface area contributed by atoms with Crippen LogP contribution in [0, 0.1) is 0 Å². The van der Waals surface area contributed by atoms with Crippen LogP contribution in [0.25, 0.3) is 83.0 Å². The van der Waals surface area contributed by atoms with Crippen molar-refractivity contribution in [1.82, 2.24) is 14.5 Å². The quantitative estimate of drug-likeness (QED) is 0.192. The minimum atomic E-state index is -0.114. The van der Waals surface area contributed by atoms with Gasteiger partial charge in [-0.3, -0.25) is 4.57 Å². The van der Waals surface area contributed by atoms with Gasteiger partial charge in [0, 0.05) is 34.1 Å². The molecule has 0 amide bonds. The summed E-state index contributed by atoms with van der Waals surface area (Å²) < 4.78 is 2.23. The summed E-state index contributed by atoms with van der Waals surface area (Å²) in [6.45, 7) is 4.71. The van der Waals surface area contributed by atoms with E-state index in [0.717, 1.165) is 22.2 Å². The molecule has 0 aliphatic heterocycles. The third-order valence-electron chi connectivity index (χ3n) is 10.7. The van der Waals surface area contributed by atoms with E-state index in [-0.39, 0.29) is 5.41 Å². The first-order valence-corrected chi connectivity index (χ1v) is 17.2. The highest BCUT2D eigenvalue weighted by Crippen LogP contribution is 2.54. The molecule has 0 radical (unpaired) electrons. The van der Waals surface area contributed by atoms with Crippen molar-refractivity contribution in [3.8, 4) is 50.5 Å². The summed E-state index contributed by atoms with van der Waals surface area (Å²) in [6, 6.07) is 54.6. The zero-order chi connectivity index (χ0) is 33.4. The predicted octanol–water partition coefficient (Wildman–Crippen LogP) is 12.0. The molecular weight excluding hydrogens is 607 g/mol. The van der Waals surface area contributed by atoms with E-state index >= 15 is 0 Å². The minimum Gasteiger partial charge on any atom is -0.278 e. The van der Waals surface area contributed by atoms with Gasteiger partial charge in [0.15, 0.2) is 0 Å². The molecule has 236 valence electrons. The smallest absolute Gasteiger partial charge is 0.234 e. The standard InChI is InChI=1S/C47H33N3/c1-47(2)40-21-22-43-45(44(40)39-26-32-17-9-10-18-33(32)27-41(39)47)38-19-11-12-20-42(38)50(43)46-48-28-37(29-49-46)36-24-34(30-13-5-3-6-14-30)23-35(25-36)31-15-7-4-8-16-31/h3-29H,1-2H3. The number of benzene rings is 7. The van der Waals surface area contributed by atoms with Crippen LogP contribution in [0.5, 0.6) is 0 Å². The molecule has 3 nitrogen and oxygen atoms in total. The second kappa shape index (κ2) is 10.8. The van der Waals surface area contributed by atoms with E-state index < -0.39 is 0 Å². The largest absolute Gasteiger partial charge is 0.278 e. The first kappa shape index (κ1) is 28.7. The van der Waals surface area contributed by atoms with Gasteiger partial charge in [-0.05, 0) is 103 Å². The van der Waals surface area contributed by atoms with Gasteiger partial charge < -0.3 is 0 Å². The molecule has 50 heavy (non-hydrogen) atoms. The fraction of sp³-hybridized carbons (Fsp3) is 0.0638. The van der Waals surface area contributed by atoms with Gasteiger partial charge in [-0.25, -0.2) is 9.97 Å². The van der Waals surface area contributed by atoms with Crippen LogP contribution in [0.2, 0.25) is 0 Å². The van der Waals surface area contributed by atoms with Crippen molar-refractivity contribution in [3.05, 3.63) is 175 Å². The van der Waals surface area contributed by atoms with Gasteiger partial charge in [0.1, 0.15) is 0 Å². The van der Waals surface area contributed by atoms with Crippen LogP contribution in [-0.2, 0) is 5.41 Å². The molecule has 0 N–H and O–H groups in total. The number of rotatable bonds is 4. The Hall–Kier alpha value is -6.32. The summed E-state index contributed by atoms with van der Waals surface area (Å²) in [4.78, 5) is 10.1. The van der Waals surface area contributed by atoms with Crippen LogP contribution in [0.4, 0.5) is 0 Å². The minimum absolute atomic E-state index is 0.114. The SMILES string of the molecule is CC1(C)c2cc3ccccc3cc2-c2c1ccc1c2c2ccccc2n1-c1ncc(-c2cc(-c3ccccc3)cc(-c3ccccc3)c2)cn1. The van der Waals surface area contributed by atoms with Crippen molar-refractivity contribution < 1.29 is 0 Å². The molecule has 0 saturated carbocycles. The number of para-hydroxylation sites is 1. The molecule has 1 aliphatic carbocycles. The fourth-order valence-corrected chi connectivity index (χ4v) is 8.16. The van der Waals surface area contributed by atoms with Gasteiger partial charge in [0.2, 0.25) is 5.95 Å². The van der Waals surface area contributed by atoms with E-state index in [1.165, 1.54) is 66.1 Å². The Labute approximate surface area is 291 Å². The zero-order valence-corrected chi connectivity index (χ0v) is 27.9. The highest BCUT2D eigenvalue weighted by atomic mass is 15.1. The normalized spacial score (nSPS) is 13.2. The van der Waals surface area contributed by atoms with Gasteiger partial charge in [0.25, 0.3) is 0 Å². The zero-order valence-electron chi connectivity index (χ0n) is 27.9. The van der Waals surface area contributed by atoms with Crippen molar-refractivity contribution in [2.75, 3.05) is 0 Å². The fourth-order valence-electron chi connectivity index (χ4n) is 8.16. The van der Waals surface area contributed by atoms with Gasteiger partial charge in [-0.15, -0.1) is 0 Å². The molecule has 10 rings (SSSR count). The Morgan fingerprint density at radius 2 is 1.02 bits per heavy atom. The second-order valence-corrected chi connectivity index (χ2v) is 13.9. The molecule has 2 aromatic heterocycles. The number of aromatic nitrogens is 3. The maximum atomic E-state index is 5.06. The lowest BCUT2D eigenvalue weighted by atomic mass is 9.81. The summed E-state index contributed by atoms with van der Waals surface area (Å²) in [5.74, 6) is 0.665. The molecule has 9 aromatic rings. The first-order chi connectivity index (χ1) is 24.5. The monoisotopic (exact) mass is 639 g/mol. The molecule has 3 heteroatoms. The molecule has 0 unspecified atom stereocenters. The summed E-state index contributed by atoms with van der Waals surface area (Å²) in [5, 5.41) is 5.02. The molecule has 7 aromatic carbocycles. The van der Waals surface area contributed by atoms with Crippen molar-refractivity contribution in [1.29, 1.82) is 0 Å². The van der Waals surface area contributed by atoms with Crippen LogP contribution in [-0.4, -0.2) is 14.5 Å². The van der Waals surface area contributed by atoms with Crippen LogP contribution in [0.1, 0.15) is 25.0 Å². The predicted molar refractivity (Wildman–Crippen MR) is 208 cm³/mol. The third-order valence-corrected chi connectivity index (χ3v) is 10.7. The van der Waals surface area contributed by atoms with Gasteiger partial charge in [-0.1, -0.05) is 123 Å². The Balaban J connectivity index is 1.15. The molecular formula is C47H33N3. The second-order valence-electron chi connectivity index (χ2n) is 13.9. The molecule has 0 spiro atoms. The van der Waals surface area contributed by atoms with E-state index in [0.29, 0.717) is 5.95 Å². The molecule has 0 atom stereocenters. The lowest BCUT2D eigenvalue weighted by Gasteiger charge is -2.21. The Kier molecular flexibility index (Phi) is 6.22. The van der Waals surface area contributed by atoms with Crippen molar-refractivity contribution >= 4 is 32.6 Å². The van der Waals surface area contributed by atoms with E-state index in [1.54, 1.807) is 0 Å². The Bertz CT molecular complexity index is 2700. The summed E-state index contributed by atoms with van der Waals surface area (Å²) in [6.07, 6.45) is 3.94. The van der Waals surface area contributed by atoms with E-state index in [9.17, 15) is 0 Å². The van der Waals surface area contributed by atoms with Gasteiger partial charge >= 0.3 is 0 Å². The summed E-state index contributed by atoms with van der Waals surface area (Å²) in [5.41, 5.74) is 14.3. The van der Waals surface area contributed by atoms with Crippen LogP contribution < -0.4 is 0 Å². The van der Waals surface area contributed by atoms with E-state index in [1.807, 2.05) is 12.4 Å². The number of fused-ring (bicyclic) bond motifs is 8. The van der Waals surface area contributed by atoms with Gasteiger partial charge in [0.05, 0.1) is 11.0 Å². The van der Waals surface area contributed by atoms with Crippen molar-refractivity contribution in [3.63, 3.8) is 0 Å². The molecule has 2 heterocycles. The molecule has 1 aliphatic rings. The number of nitrogens with zero attached hydrogens (tertiary/aromatic N) is 3. The third kappa shape index (κ3) is 4.30. The highest BCUT2D eigenvalue weighted by molar-refractivity contribution is 6.18. The van der Waals surface area contributed by atoms with E-state index in [2.05, 4.69) is 170 Å². The topological polar surface area (TPSA) is 30.7 Å². The summed E-state index contributed by atoms with van der Waals surface area (Å²) >= 11 is 0. The van der Waals surface area contributed by atoms with Crippen LogP contribution >= 0.6 is 0 Å². The Morgan fingerprint density at radius 1 is 0.460 bits per heavy atom. The van der Waals surface area contributed by atoms with Crippen LogP contribution in [0.15, 0.2) is 164 Å². The molecule has 0 fully saturated rings. The molecule has 0 saturated heterocycles. The average molecular weight is 640 g/mol. The maximum Gasteiger partial charge on any atom is 0.234 e. The highest BCUT2D eigenvalue weighted by Gasteiger charge is 2.38. The maximum absolute atomic E-state index is 5.06.